The lowest BCUT2D eigenvalue weighted by molar-refractivity contribution is 0.479. The fourth-order valence-corrected chi connectivity index (χ4v) is 1.84. The Morgan fingerprint density at radius 2 is 2.43 bits per heavy atom. The van der Waals surface area contributed by atoms with E-state index in [1.54, 1.807) is 6.07 Å². The van der Waals surface area contributed by atoms with Gasteiger partial charge < -0.3 is 10.6 Å². The predicted molar refractivity (Wildman–Crippen MR) is 58.8 cm³/mol. The molecule has 1 saturated heterocycles. The number of rotatable bonds is 2. The highest BCUT2D eigenvalue weighted by Crippen LogP contribution is 2.12. The lowest BCUT2D eigenvalue weighted by atomic mass is 10.1. The third kappa shape index (κ3) is 2.59. The maximum absolute atomic E-state index is 5.80. The molecule has 4 heteroatoms. The maximum Gasteiger partial charge on any atom is 0.131 e. The molecule has 0 bridgehead atoms. The molecule has 1 aromatic heterocycles. The van der Waals surface area contributed by atoms with Crippen LogP contribution in [0, 0.1) is 0 Å². The molecule has 0 aliphatic carbocycles. The quantitative estimate of drug-likeness (QED) is 0.734. The molecular formula is C10H14ClN3. The minimum absolute atomic E-state index is 0.481. The van der Waals surface area contributed by atoms with Crippen molar-refractivity contribution in [3.05, 3.63) is 23.4 Å². The lowest BCUT2D eigenvalue weighted by Crippen LogP contribution is -2.38. The molecule has 1 aliphatic rings. The van der Waals surface area contributed by atoms with E-state index in [-0.39, 0.29) is 0 Å². The van der Waals surface area contributed by atoms with Crippen LogP contribution in [0.5, 0.6) is 0 Å². The zero-order chi connectivity index (χ0) is 9.80. The van der Waals surface area contributed by atoms with Gasteiger partial charge in [-0.15, -0.1) is 0 Å². The van der Waals surface area contributed by atoms with Crippen LogP contribution in [0.2, 0.25) is 5.15 Å². The highest BCUT2D eigenvalue weighted by molar-refractivity contribution is 6.29. The Balaban J connectivity index is 1.95. The molecule has 0 amide bonds. The van der Waals surface area contributed by atoms with Crippen molar-refractivity contribution in [1.29, 1.82) is 0 Å². The van der Waals surface area contributed by atoms with E-state index >= 15 is 0 Å². The Labute approximate surface area is 88.9 Å². The Bertz CT molecular complexity index is 297. The van der Waals surface area contributed by atoms with Crippen molar-refractivity contribution in [2.24, 2.45) is 0 Å². The summed E-state index contributed by atoms with van der Waals surface area (Å²) in [5.41, 5.74) is 0. The molecule has 1 atom stereocenters. The molecule has 0 radical (unpaired) electrons. The first-order valence-electron chi connectivity index (χ1n) is 4.94. The van der Waals surface area contributed by atoms with E-state index in [9.17, 15) is 0 Å². The fourth-order valence-electron chi connectivity index (χ4n) is 1.67. The molecule has 1 unspecified atom stereocenters. The second-order valence-corrected chi connectivity index (χ2v) is 3.92. The number of pyridine rings is 1. The van der Waals surface area contributed by atoms with Gasteiger partial charge in [0.2, 0.25) is 0 Å². The summed E-state index contributed by atoms with van der Waals surface area (Å²) in [7, 11) is 0. The maximum atomic E-state index is 5.80. The monoisotopic (exact) mass is 211 g/mol. The van der Waals surface area contributed by atoms with Crippen LogP contribution < -0.4 is 10.6 Å². The van der Waals surface area contributed by atoms with E-state index in [0.29, 0.717) is 11.2 Å². The van der Waals surface area contributed by atoms with Crippen LogP contribution in [0.25, 0.3) is 0 Å². The highest BCUT2D eigenvalue weighted by atomic mass is 35.5. The molecule has 0 spiro atoms. The third-order valence-electron chi connectivity index (χ3n) is 2.36. The number of nitrogens with zero attached hydrogens (tertiary/aromatic N) is 1. The van der Waals surface area contributed by atoms with Crippen molar-refractivity contribution < 1.29 is 0 Å². The predicted octanol–water partition coefficient (Wildman–Crippen LogP) is 1.90. The Hall–Kier alpha value is -0.800. The number of piperidine rings is 1. The second-order valence-electron chi connectivity index (χ2n) is 3.53. The molecule has 3 nitrogen and oxygen atoms in total. The van der Waals surface area contributed by atoms with Crippen molar-refractivity contribution in [2.45, 2.75) is 18.9 Å². The van der Waals surface area contributed by atoms with Crippen LogP contribution in [-0.4, -0.2) is 24.1 Å². The van der Waals surface area contributed by atoms with Gasteiger partial charge in [-0.25, -0.2) is 4.98 Å². The minimum Gasteiger partial charge on any atom is -0.366 e. The van der Waals surface area contributed by atoms with Gasteiger partial charge in [-0.3, -0.25) is 0 Å². The summed E-state index contributed by atoms with van der Waals surface area (Å²) in [5.74, 6) is 0.867. The Kier molecular flexibility index (Phi) is 3.22. The van der Waals surface area contributed by atoms with Gasteiger partial charge >= 0.3 is 0 Å². The van der Waals surface area contributed by atoms with E-state index < -0.39 is 0 Å². The fraction of sp³-hybridized carbons (Fsp3) is 0.500. The molecule has 1 aliphatic heterocycles. The van der Waals surface area contributed by atoms with Crippen LogP contribution in [0.1, 0.15) is 12.8 Å². The summed E-state index contributed by atoms with van der Waals surface area (Å²) in [6.07, 6.45) is 2.42. The van der Waals surface area contributed by atoms with Crippen molar-refractivity contribution in [3.63, 3.8) is 0 Å². The summed E-state index contributed by atoms with van der Waals surface area (Å²) < 4.78 is 0. The first-order valence-corrected chi connectivity index (χ1v) is 5.32. The van der Waals surface area contributed by atoms with E-state index in [1.807, 2.05) is 12.1 Å². The molecule has 1 aromatic rings. The summed E-state index contributed by atoms with van der Waals surface area (Å²) in [5, 5.41) is 7.25. The zero-order valence-electron chi connectivity index (χ0n) is 7.96. The van der Waals surface area contributed by atoms with Crippen LogP contribution >= 0.6 is 11.6 Å². The third-order valence-corrected chi connectivity index (χ3v) is 2.57. The first-order chi connectivity index (χ1) is 6.84. The standard InChI is InChI=1S/C10H14ClN3/c11-9-4-1-5-10(14-9)13-8-3-2-6-12-7-8/h1,4-5,8,12H,2-3,6-7H2,(H,13,14). The number of hydrogen-bond acceptors (Lipinski definition) is 3. The van der Waals surface area contributed by atoms with Gasteiger partial charge in [-0.05, 0) is 31.5 Å². The van der Waals surface area contributed by atoms with E-state index in [1.165, 1.54) is 12.8 Å². The van der Waals surface area contributed by atoms with Crippen LogP contribution in [0.4, 0.5) is 5.82 Å². The van der Waals surface area contributed by atoms with Gasteiger partial charge in [-0.2, -0.15) is 0 Å². The molecule has 2 heterocycles. The van der Waals surface area contributed by atoms with Gasteiger partial charge in [-0.1, -0.05) is 17.7 Å². The molecule has 14 heavy (non-hydrogen) atoms. The highest BCUT2D eigenvalue weighted by Gasteiger charge is 2.12. The van der Waals surface area contributed by atoms with Gasteiger partial charge in [0.1, 0.15) is 11.0 Å². The van der Waals surface area contributed by atoms with Crippen LogP contribution in [0.3, 0.4) is 0 Å². The zero-order valence-corrected chi connectivity index (χ0v) is 8.72. The van der Waals surface area contributed by atoms with Crippen molar-refractivity contribution in [3.8, 4) is 0 Å². The van der Waals surface area contributed by atoms with Crippen molar-refractivity contribution in [1.82, 2.24) is 10.3 Å². The summed E-state index contributed by atoms with van der Waals surface area (Å²) in [6.45, 7) is 2.13. The second kappa shape index (κ2) is 4.62. The van der Waals surface area contributed by atoms with E-state index in [4.69, 9.17) is 11.6 Å². The Morgan fingerprint density at radius 1 is 1.50 bits per heavy atom. The number of nitrogens with one attached hydrogen (secondary N) is 2. The number of anilines is 1. The molecule has 76 valence electrons. The van der Waals surface area contributed by atoms with Crippen molar-refractivity contribution >= 4 is 17.4 Å². The first kappa shape index (κ1) is 9.74. The number of halogens is 1. The van der Waals surface area contributed by atoms with Gasteiger partial charge in [0.05, 0.1) is 0 Å². The van der Waals surface area contributed by atoms with Crippen LogP contribution in [-0.2, 0) is 0 Å². The largest absolute Gasteiger partial charge is 0.366 e. The SMILES string of the molecule is Clc1cccc(NC2CCCNC2)n1. The summed E-state index contributed by atoms with van der Waals surface area (Å²) in [6, 6.07) is 6.12. The lowest BCUT2D eigenvalue weighted by Gasteiger charge is -2.24. The topological polar surface area (TPSA) is 37.0 Å². The molecule has 0 aromatic carbocycles. The number of hydrogen-bond donors (Lipinski definition) is 2. The molecule has 2 N–H and O–H groups in total. The van der Waals surface area contributed by atoms with Crippen molar-refractivity contribution in [2.75, 3.05) is 18.4 Å². The molecule has 1 fully saturated rings. The molecule has 2 rings (SSSR count). The van der Waals surface area contributed by atoms with Gasteiger partial charge in [0, 0.05) is 12.6 Å². The Morgan fingerprint density at radius 3 is 3.14 bits per heavy atom. The van der Waals surface area contributed by atoms with E-state index in [0.717, 1.165) is 18.9 Å². The van der Waals surface area contributed by atoms with Gasteiger partial charge in [0.15, 0.2) is 0 Å². The smallest absolute Gasteiger partial charge is 0.131 e. The summed E-state index contributed by atoms with van der Waals surface area (Å²) >= 11 is 5.80. The van der Waals surface area contributed by atoms with Crippen LogP contribution in [0.15, 0.2) is 18.2 Å². The average molecular weight is 212 g/mol. The minimum atomic E-state index is 0.481. The average Bonchev–Trinajstić information content (AvgIpc) is 2.19. The van der Waals surface area contributed by atoms with Gasteiger partial charge in [0.25, 0.3) is 0 Å². The number of aromatic nitrogens is 1. The van der Waals surface area contributed by atoms with E-state index in [2.05, 4.69) is 15.6 Å². The molecule has 0 saturated carbocycles. The summed E-state index contributed by atoms with van der Waals surface area (Å²) in [4.78, 5) is 4.19. The normalized spacial score (nSPS) is 21.9. The molecular weight excluding hydrogens is 198 g/mol.